The van der Waals surface area contributed by atoms with Gasteiger partial charge in [-0.3, -0.25) is 9.48 Å². The predicted molar refractivity (Wildman–Crippen MR) is 82.5 cm³/mol. The molecule has 0 spiro atoms. The molecule has 112 valence electrons. The summed E-state index contributed by atoms with van der Waals surface area (Å²) in [5.74, 6) is 0.247. The Labute approximate surface area is 127 Å². The average molecular weight is 296 g/mol. The van der Waals surface area contributed by atoms with E-state index >= 15 is 0 Å². The summed E-state index contributed by atoms with van der Waals surface area (Å²) < 4.78 is 7.05. The van der Waals surface area contributed by atoms with Crippen LogP contribution in [0.25, 0.3) is 11.3 Å². The van der Waals surface area contributed by atoms with Gasteiger partial charge in [-0.05, 0) is 13.8 Å². The van der Waals surface area contributed by atoms with Crippen molar-refractivity contribution in [2.75, 3.05) is 5.32 Å². The third-order valence-electron chi connectivity index (χ3n) is 3.45. The van der Waals surface area contributed by atoms with Gasteiger partial charge in [0.05, 0.1) is 17.6 Å². The van der Waals surface area contributed by atoms with Gasteiger partial charge in [-0.1, -0.05) is 35.5 Å². The van der Waals surface area contributed by atoms with Crippen LogP contribution < -0.4 is 5.32 Å². The topological polar surface area (TPSA) is 73.0 Å². The van der Waals surface area contributed by atoms with Gasteiger partial charge in [0.1, 0.15) is 0 Å². The predicted octanol–water partition coefficient (Wildman–Crippen LogP) is 3.12. The Balaban J connectivity index is 1.78. The lowest BCUT2D eigenvalue weighted by molar-refractivity contribution is 0.101. The van der Waals surface area contributed by atoms with Crippen LogP contribution in [0.4, 0.5) is 5.69 Å². The number of benzene rings is 1. The van der Waals surface area contributed by atoms with Crippen molar-refractivity contribution in [3.63, 3.8) is 0 Å². The number of carbonyl (C=O) groups excluding carboxylic acids is 1. The Bertz CT molecular complexity index is 790. The number of nitrogens with zero attached hydrogens (tertiary/aromatic N) is 3. The molecular formula is C16H16N4O2. The first-order valence-corrected chi connectivity index (χ1v) is 7.05. The molecule has 0 saturated heterocycles. The van der Waals surface area contributed by atoms with E-state index in [1.165, 1.54) is 0 Å². The van der Waals surface area contributed by atoms with Gasteiger partial charge < -0.3 is 9.84 Å². The van der Waals surface area contributed by atoms with Gasteiger partial charge in [-0.15, -0.1) is 0 Å². The summed E-state index contributed by atoms with van der Waals surface area (Å²) in [5.41, 5.74) is 2.70. The van der Waals surface area contributed by atoms with Crippen molar-refractivity contribution < 1.29 is 9.32 Å². The van der Waals surface area contributed by atoms with Crippen LogP contribution in [0.2, 0.25) is 0 Å². The zero-order chi connectivity index (χ0) is 15.5. The highest BCUT2D eigenvalue weighted by Crippen LogP contribution is 2.21. The van der Waals surface area contributed by atoms with Gasteiger partial charge in [0.25, 0.3) is 5.91 Å². The summed E-state index contributed by atoms with van der Waals surface area (Å²) in [6, 6.07) is 11.2. The lowest BCUT2D eigenvalue weighted by Gasteiger charge is -2.02. The molecule has 2 aromatic heterocycles. The van der Waals surface area contributed by atoms with Gasteiger partial charge in [0.2, 0.25) is 0 Å². The van der Waals surface area contributed by atoms with E-state index in [4.69, 9.17) is 4.52 Å². The lowest BCUT2D eigenvalue weighted by atomic mass is 10.1. The molecule has 0 aliphatic carbocycles. The Morgan fingerprint density at radius 2 is 2.09 bits per heavy atom. The van der Waals surface area contributed by atoms with E-state index in [0.717, 1.165) is 17.8 Å². The van der Waals surface area contributed by atoms with E-state index in [1.807, 2.05) is 48.9 Å². The first-order valence-electron chi connectivity index (χ1n) is 7.05. The van der Waals surface area contributed by atoms with Crippen molar-refractivity contribution in [3.05, 3.63) is 54.0 Å². The molecular weight excluding hydrogens is 280 g/mol. The monoisotopic (exact) mass is 296 g/mol. The van der Waals surface area contributed by atoms with Crippen LogP contribution in [0.3, 0.4) is 0 Å². The molecule has 2 heterocycles. The molecule has 0 aliphatic rings. The second-order valence-electron chi connectivity index (χ2n) is 4.86. The Morgan fingerprint density at radius 3 is 2.77 bits per heavy atom. The number of aryl methyl sites for hydroxylation is 1. The van der Waals surface area contributed by atoms with Crippen molar-refractivity contribution in [2.45, 2.75) is 20.4 Å². The van der Waals surface area contributed by atoms with E-state index in [0.29, 0.717) is 11.4 Å². The van der Waals surface area contributed by atoms with Crippen LogP contribution in [0, 0.1) is 6.92 Å². The summed E-state index contributed by atoms with van der Waals surface area (Å²) in [7, 11) is 0. The van der Waals surface area contributed by atoms with Crippen molar-refractivity contribution in [1.29, 1.82) is 0 Å². The number of carbonyl (C=O) groups is 1. The second-order valence-corrected chi connectivity index (χ2v) is 4.86. The fourth-order valence-corrected chi connectivity index (χ4v) is 2.20. The summed E-state index contributed by atoms with van der Waals surface area (Å²) >= 11 is 0. The SMILES string of the molecule is CCn1ncc(NC(=O)c2cc(-c3ccccc3)on2)c1C. The molecule has 1 amide bonds. The Hall–Kier alpha value is -2.89. The summed E-state index contributed by atoms with van der Waals surface area (Å²) in [5, 5.41) is 10.8. The zero-order valence-corrected chi connectivity index (χ0v) is 12.4. The Morgan fingerprint density at radius 1 is 1.32 bits per heavy atom. The number of aromatic nitrogens is 3. The van der Waals surface area contributed by atoms with Gasteiger partial charge >= 0.3 is 0 Å². The van der Waals surface area contributed by atoms with Crippen molar-refractivity contribution in [3.8, 4) is 11.3 Å². The molecule has 0 fully saturated rings. The van der Waals surface area contributed by atoms with Gasteiger partial charge in [0, 0.05) is 18.2 Å². The quantitative estimate of drug-likeness (QED) is 0.802. The van der Waals surface area contributed by atoms with Crippen molar-refractivity contribution in [1.82, 2.24) is 14.9 Å². The molecule has 0 atom stereocenters. The van der Waals surface area contributed by atoms with Crippen molar-refractivity contribution in [2.24, 2.45) is 0 Å². The van der Waals surface area contributed by atoms with E-state index in [1.54, 1.807) is 12.3 Å². The van der Waals surface area contributed by atoms with Crippen LogP contribution in [-0.4, -0.2) is 20.8 Å². The van der Waals surface area contributed by atoms with Gasteiger partial charge in [-0.25, -0.2) is 0 Å². The third kappa shape index (κ3) is 2.63. The fraction of sp³-hybridized carbons (Fsp3) is 0.188. The molecule has 1 aromatic carbocycles. The number of hydrogen-bond acceptors (Lipinski definition) is 4. The van der Waals surface area contributed by atoms with E-state index in [-0.39, 0.29) is 11.6 Å². The van der Waals surface area contributed by atoms with Crippen LogP contribution in [-0.2, 0) is 6.54 Å². The molecule has 6 heteroatoms. The molecule has 3 rings (SSSR count). The zero-order valence-electron chi connectivity index (χ0n) is 12.4. The maximum absolute atomic E-state index is 12.2. The summed E-state index contributed by atoms with van der Waals surface area (Å²) in [6.07, 6.45) is 1.63. The van der Waals surface area contributed by atoms with E-state index in [2.05, 4.69) is 15.6 Å². The van der Waals surface area contributed by atoms with Gasteiger partial charge in [0.15, 0.2) is 11.5 Å². The third-order valence-corrected chi connectivity index (χ3v) is 3.45. The maximum atomic E-state index is 12.2. The molecule has 0 aliphatic heterocycles. The van der Waals surface area contributed by atoms with E-state index < -0.39 is 0 Å². The van der Waals surface area contributed by atoms with E-state index in [9.17, 15) is 4.79 Å². The molecule has 0 saturated carbocycles. The highest BCUT2D eigenvalue weighted by atomic mass is 16.5. The highest BCUT2D eigenvalue weighted by molar-refractivity contribution is 6.03. The highest BCUT2D eigenvalue weighted by Gasteiger charge is 2.16. The molecule has 3 aromatic rings. The molecule has 6 nitrogen and oxygen atoms in total. The number of hydrogen-bond donors (Lipinski definition) is 1. The fourth-order valence-electron chi connectivity index (χ4n) is 2.20. The molecule has 22 heavy (non-hydrogen) atoms. The normalized spacial score (nSPS) is 10.6. The standard InChI is InChI=1S/C16H16N4O2/c1-3-20-11(2)14(10-17-20)18-16(21)13-9-15(22-19-13)12-7-5-4-6-8-12/h4-10H,3H2,1-2H3,(H,18,21). The minimum atomic E-state index is -0.315. The number of amides is 1. The number of rotatable bonds is 4. The Kier molecular flexibility index (Phi) is 3.74. The number of nitrogens with one attached hydrogen (secondary N) is 1. The number of anilines is 1. The lowest BCUT2D eigenvalue weighted by Crippen LogP contribution is -2.13. The second kappa shape index (κ2) is 5.85. The van der Waals surface area contributed by atoms with Crippen molar-refractivity contribution >= 4 is 11.6 Å². The van der Waals surface area contributed by atoms with Crippen LogP contribution in [0.1, 0.15) is 23.1 Å². The largest absolute Gasteiger partial charge is 0.355 e. The smallest absolute Gasteiger partial charge is 0.277 e. The van der Waals surface area contributed by atoms with Crippen LogP contribution in [0.5, 0.6) is 0 Å². The first-order chi connectivity index (χ1) is 10.7. The molecule has 1 N–H and O–H groups in total. The van der Waals surface area contributed by atoms with Crippen LogP contribution in [0.15, 0.2) is 47.1 Å². The molecule has 0 radical (unpaired) electrons. The van der Waals surface area contributed by atoms with Crippen LogP contribution >= 0.6 is 0 Å². The van der Waals surface area contributed by atoms with Gasteiger partial charge in [-0.2, -0.15) is 5.10 Å². The summed E-state index contributed by atoms with van der Waals surface area (Å²) in [6.45, 7) is 4.66. The minimum Gasteiger partial charge on any atom is -0.355 e. The molecule has 0 unspecified atom stereocenters. The molecule has 0 bridgehead atoms. The maximum Gasteiger partial charge on any atom is 0.277 e. The minimum absolute atomic E-state index is 0.238. The first kappa shape index (κ1) is 14.1. The average Bonchev–Trinajstić information content (AvgIpc) is 3.16. The summed E-state index contributed by atoms with van der Waals surface area (Å²) in [4.78, 5) is 12.2.